The van der Waals surface area contributed by atoms with Gasteiger partial charge in [0, 0.05) is 41.3 Å². The van der Waals surface area contributed by atoms with Gasteiger partial charge >= 0.3 is 0 Å². The Morgan fingerprint density at radius 2 is 1.42 bits per heavy atom. The van der Waals surface area contributed by atoms with Crippen LogP contribution in [-0.4, -0.2) is 0 Å². The molecule has 3 atom stereocenters. The van der Waals surface area contributed by atoms with Gasteiger partial charge < -0.3 is 20.9 Å². The van der Waals surface area contributed by atoms with Crippen molar-refractivity contribution in [1.29, 1.82) is 0 Å². The van der Waals surface area contributed by atoms with Crippen molar-refractivity contribution in [3.63, 3.8) is 0 Å². The van der Waals surface area contributed by atoms with Gasteiger partial charge in [0.2, 0.25) is 0 Å². The largest absolute Gasteiger partial charge is 0.362 e. The summed E-state index contributed by atoms with van der Waals surface area (Å²) in [5.41, 5.74) is 15.1. The molecule has 64 heavy (non-hydrogen) atoms. The zero-order valence-electron chi connectivity index (χ0n) is 37.1. The fourth-order valence-corrected chi connectivity index (χ4v) is 7.84. The van der Waals surface area contributed by atoms with Crippen LogP contribution >= 0.6 is 0 Å². The minimum absolute atomic E-state index is 0.00349. The van der Waals surface area contributed by atoms with Crippen molar-refractivity contribution in [1.82, 2.24) is 5.32 Å². The second-order valence-corrected chi connectivity index (χ2v) is 15.7. The molecule has 0 saturated carbocycles. The van der Waals surface area contributed by atoms with E-state index < -0.39 is 0 Å². The first kappa shape index (κ1) is 44.2. The van der Waals surface area contributed by atoms with Crippen LogP contribution in [0.4, 0.5) is 22.7 Å². The molecule has 8 rings (SSSR count). The zero-order valence-corrected chi connectivity index (χ0v) is 37.1. The molecular weight excluding hydrogens is 777 g/mol. The number of rotatable bonds is 11. The van der Waals surface area contributed by atoms with Crippen molar-refractivity contribution in [2.75, 3.05) is 15.5 Å². The lowest BCUT2D eigenvalue weighted by molar-refractivity contribution is 0.637. The molecule has 1 aliphatic carbocycles. The maximum Gasteiger partial charge on any atom is 0.130 e. The lowest BCUT2D eigenvalue weighted by atomic mass is 9.81. The molecule has 4 heteroatoms. The number of nitrogens with one attached hydrogen (secondary N) is 3. The Hall–Kier alpha value is -7.82. The van der Waals surface area contributed by atoms with Gasteiger partial charge in [0.05, 0.1) is 11.4 Å². The lowest BCUT2D eigenvalue weighted by Gasteiger charge is -2.27. The van der Waals surface area contributed by atoms with Crippen molar-refractivity contribution in [2.45, 2.75) is 26.9 Å². The Morgan fingerprint density at radius 3 is 2.17 bits per heavy atom. The number of para-hydroxylation sites is 3. The predicted octanol–water partition coefficient (Wildman–Crippen LogP) is 15.8. The number of nitrogens with zero attached hydrogens (tertiary/aromatic N) is 1. The average Bonchev–Trinajstić information content (AvgIpc) is 3.73. The molecule has 0 spiro atoms. The van der Waals surface area contributed by atoms with Gasteiger partial charge in [0.25, 0.3) is 0 Å². The third kappa shape index (κ3) is 11.4. The van der Waals surface area contributed by atoms with Gasteiger partial charge in [0.1, 0.15) is 6.17 Å². The summed E-state index contributed by atoms with van der Waals surface area (Å²) in [5.74, 6) is 0.353. The Kier molecular flexibility index (Phi) is 15.4. The first-order valence-corrected chi connectivity index (χ1v) is 22.0. The van der Waals surface area contributed by atoms with Gasteiger partial charge in [-0.05, 0) is 114 Å². The van der Waals surface area contributed by atoms with Crippen molar-refractivity contribution >= 4 is 34.4 Å². The van der Waals surface area contributed by atoms with Gasteiger partial charge in [-0.1, -0.05) is 189 Å². The highest BCUT2D eigenvalue weighted by Gasteiger charge is 2.30. The van der Waals surface area contributed by atoms with E-state index in [1.165, 1.54) is 33.5 Å². The minimum Gasteiger partial charge on any atom is -0.362 e. The Balaban J connectivity index is 0.000000809. The van der Waals surface area contributed by atoms with Crippen LogP contribution in [0.3, 0.4) is 0 Å². The van der Waals surface area contributed by atoms with Crippen LogP contribution < -0.4 is 20.9 Å². The van der Waals surface area contributed by atoms with Gasteiger partial charge in [-0.15, -0.1) is 0 Å². The molecule has 0 radical (unpaired) electrons. The third-order valence-corrected chi connectivity index (χ3v) is 11.5. The molecule has 0 bridgehead atoms. The van der Waals surface area contributed by atoms with E-state index in [9.17, 15) is 0 Å². The molecule has 2 aliphatic heterocycles. The smallest absolute Gasteiger partial charge is 0.130 e. The van der Waals surface area contributed by atoms with E-state index in [0.717, 1.165) is 39.5 Å². The van der Waals surface area contributed by atoms with Crippen LogP contribution in [0, 0.1) is 11.8 Å². The number of anilines is 4. The van der Waals surface area contributed by atoms with Crippen LogP contribution in [0.5, 0.6) is 0 Å². The third-order valence-electron chi connectivity index (χ3n) is 11.5. The maximum absolute atomic E-state index is 3.75. The summed E-state index contributed by atoms with van der Waals surface area (Å²) in [6, 6.07) is 45.4. The molecule has 4 nitrogen and oxygen atoms in total. The molecule has 2 heterocycles. The van der Waals surface area contributed by atoms with E-state index in [4.69, 9.17) is 0 Å². The number of hydrogen-bond donors (Lipinski definition) is 3. The average molecular weight is 835 g/mol. The van der Waals surface area contributed by atoms with Gasteiger partial charge in [0.15, 0.2) is 0 Å². The van der Waals surface area contributed by atoms with Crippen molar-refractivity contribution in [3.05, 3.63) is 278 Å². The molecule has 0 saturated heterocycles. The number of benzene rings is 5. The number of fused-ring (bicyclic) bond motifs is 2. The van der Waals surface area contributed by atoms with E-state index in [0.29, 0.717) is 0 Å². The monoisotopic (exact) mass is 834 g/mol. The summed E-state index contributed by atoms with van der Waals surface area (Å²) in [4.78, 5) is 2.38. The summed E-state index contributed by atoms with van der Waals surface area (Å²) >= 11 is 0. The van der Waals surface area contributed by atoms with Crippen molar-refractivity contribution < 1.29 is 0 Å². The van der Waals surface area contributed by atoms with Gasteiger partial charge in [-0.3, -0.25) is 0 Å². The minimum atomic E-state index is -0.00349. The molecule has 0 fully saturated rings. The molecule has 5 aromatic carbocycles. The molecular formula is C60H58N4. The van der Waals surface area contributed by atoms with Gasteiger partial charge in [-0.25, -0.2) is 0 Å². The quantitative estimate of drug-likeness (QED) is 0.116. The van der Waals surface area contributed by atoms with E-state index in [2.05, 4.69) is 254 Å². The number of allylic oxidation sites excluding steroid dienone is 18. The van der Waals surface area contributed by atoms with Crippen LogP contribution in [0.25, 0.3) is 22.8 Å². The topological polar surface area (TPSA) is 39.3 Å². The fraction of sp³-hybridized carbons (Fsp3) is 0.100. The summed E-state index contributed by atoms with van der Waals surface area (Å²) in [5, 5.41) is 11.0. The second kappa shape index (κ2) is 22.3. The summed E-state index contributed by atoms with van der Waals surface area (Å²) in [6.07, 6.45) is 37.7. The predicted molar refractivity (Wildman–Crippen MR) is 278 cm³/mol. The van der Waals surface area contributed by atoms with Crippen LogP contribution in [0.2, 0.25) is 0 Å². The van der Waals surface area contributed by atoms with Crippen LogP contribution in [0.1, 0.15) is 43.6 Å². The lowest BCUT2D eigenvalue weighted by Crippen LogP contribution is -2.23. The van der Waals surface area contributed by atoms with Gasteiger partial charge in [-0.2, -0.15) is 0 Å². The SMILES string of the molecule is C/C=C(\C)c1ccc(\C=C/C2=C(\C=C\Nc3cccc(-c4ccc(C5Nc6ccccc6N5c5ccccc5)cc4)c3)C3C=CC=CC3\C=C/C=C\C=C\N2)cc1.C=C/C=C(/C)C=C. The molecule has 3 unspecified atom stereocenters. The highest BCUT2D eigenvalue weighted by molar-refractivity contribution is 5.83. The standard InChI is InChI=1S/C53H48N4.C7H10/c1-3-39(2)41-28-25-40(26-29-41)27-34-50-49(48-22-11-10-17-43(48)16-7-4-5-14-36-55-50)35-37-54-46-19-15-18-45(38-46)42-30-32-44(33-31-42)53-56-51-23-12-13-24-52(51)57(53)47-20-8-6-9-21-47;1-4-6-7(3)5-2/h3-38,43,48,53-56H,1-2H3;4-6H,1-2H2,3H3/b5-4-,16-7-,34-27-,36-14+,37-35+,39-3+,50-49-;7-6-. The summed E-state index contributed by atoms with van der Waals surface area (Å²) in [6.45, 7) is 13.3. The summed E-state index contributed by atoms with van der Waals surface area (Å²) in [7, 11) is 0. The van der Waals surface area contributed by atoms with Crippen LogP contribution in [0.15, 0.2) is 261 Å². The maximum atomic E-state index is 3.75. The second-order valence-electron chi connectivity index (χ2n) is 15.7. The molecule has 0 aromatic heterocycles. The Bertz CT molecular complexity index is 2700. The van der Waals surface area contributed by atoms with Crippen molar-refractivity contribution in [2.24, 2.45) is 11.8 Å². The Labute approximate surface area is 381 Å². The first-order valence-electron chi connectivity index (χ1n) is 22.0. The van der Waals surface area contributed by atoms with Crippen molar-refractivity contribution in [3.8, 4) is 11.1 Å². The Morgan fingerprint density at radius 1 is 0.688 bits per heavy atom. The van der Waals surface area contributed by atoms with E-state index in [-0.39, 0.29) is 18.0 Å². The molecule has 3 aliphatic rings. The van der Waals surface area contributed by atoms with E-state index in [1.807, 2.05) is 25.3 Å². The van der Waals surface area contributed by atoms with E-state index in [1.54, 1.807) is 12.2 Å². The molecule has 318 valence electrons. The highest BCUT2D eigenvalue weighted by Crippen LogP contribution is 2.46. The molecule has 3 N–H and O–H groups in total. The normalized spacial score (nSPS) is 20.7. The fourth-order valence-electron chi connectivity index (χ4n) is 7.84. The highest BCUT2D eigenvalue weighted by atomic mass is 15.3. The first-order chi connectivity index (χ1) is 31.4. The zero-order chi connectivity index (χ0) is 44.5. The molecule has 5 aromatic rings. The summed E-state index contributed by atoms with van der Waals surface area (Å²) < 4.78 is 0. The molecule has 0 amide bonds. The van der Waals surface area contributed by atoms with E-state index >= 15 is 0 Å². The number of hydrogen-bond acceptors (Lipinski definition) is 4. The van der Waals surface area contributed by atoms with Crippen LogP contribution in [-0.2, 0) is 0 Å².